The Labute approximate surface area is 136 Å². The maximum Gasteiger partial charge on any atom is 0.181 e. The molecule has 0 spiro atoms. The number of benzene rings is 2. The molecule has 1 aromatic heterocycles. The molecule has 1 aliphatic heterocycles. The molecule has 23 heavy (non-hydrogen) atoms. The highest BCUT2D eigenvalue weighted by Gasteiger charge is 2.24. The Bertz CT molecular complexity index is 751. The molecule has 0 bridgehead atoms. The van der Waals surface area contributed by atoms with E-state index in [0.717, 1.165) is 36.8 Å². The fourth-order valence-corrected chi connectivity index (χ4v) is 3.27. The van der Waals surface area contributed by atoms with E-state index in [1.165, 1.54) is 12.0 Å². The van der Waals surface area contributed by atoms with Gasteiger partial charge in [-0.2, -0.15) is 5.10 Å². The van der Waals surface area contributed by atoms with Crippen LogP contribution in [0.2, 0.25) is 0 Å². The number of likely N-dealkylation sites (tertiary alicyclic amines) is 1. The number of hydrogen-bond acceptors (Lipinski definition) is 3. The highest BCUT2D eigenvalue weighted by Crippen LogP contribution is 2.27. The predicted octanol–water partition coefficient (Wildman–Crippen LogP) is 3.46. The summed E-state index contributed by atoms with van der Waals surface area (Å²) in [6, 6.07) is 20.9. The zero-order valence-corrected chi connectivity index (χ0v) is 13.0. The maximum atomic E-state index is 4.63. The van der Waals surface area contributed by atoms with Gasteiger partial charge >= 0.3 is 0 Å². The Morgan fingerprint density at radius 2 is 1.74 bits per heavy atom. The summed E-state index contributed by atoms with van der Waals surface area (Å²) in [5.74, 6) is 2.35. The van der Waals surface area contributed by atoms with Crippen molar-refractivity contribution in [3.63, 3.8) is 0 Å². The molecule has 1 unspecified atom stereocenters. The van der Waals surface area contributed by atoms with E-state index < -0.39 is 0 Å². The van der Waals surface area contributed by atoms with E-state index in [4.69, 9.17) is 0 Å². The molecule has 1 saturated heterocycles. The van der Waals surface area contributed by atoms with E-state index >= 15 is 0 Å². The summed E-state index contributed by atoms with van der Waals surface area (Å²) in [6.07, 6.45) is 1.21. The predicted molar refractivity (Wildman–Crippen MR) is 90.9 cm³/mol. The molecule has 1 fully saturated rings. The molecule has 4 nitrogen and oxygen atoms in total. The molecule has 2 aromatic carbocycles. The molecule has 0 radical (unpaired) electrons. The molecule has 1 N–H and O–H groups in total. The molecule has 116 valence electrons. The second kappa shape index (κ2) is 6.34. The first kappa shape index (κ1) is 14.2. The molecule has 0 aliphatic carbocycles. The van der Waals surface area contributed by atoms with Crippen molar-refractivity contribution in [3.05, 3.63) is 72.1 Å². The Kier molecular flexibility index (Phi) is 3.90. The lowest BCUT2D eigenvalue weighted by molar-refractivity contribution is 0.318. The van der Waals surface area contributed by atoms with Crippen LogP contribution in [0.25, 0.3) is 11.4 Å². The summed E-state index contributed by atoms with van der Waals surface area (Å²) >= 11 is 0. The van der Waals surface area contributed by atoms with Crippen molar-refractivity contribution in [3.8, 4) is 11.4 Å². The lowest BCUT2D eigenvalue weighted by atomic mass is 9.99. The summed E-state index contributed by atoms with van der Waals surface area (Å²) in [5, 5.41) is 7.43. The van der Waals surface area contributed by atoms with Crippen molar-refractivity contribution in [2.75, 3.05) is 13.1 Å². The molecular weight excluding hydrogens is 284 g/mol. The van der Waals surface area contributed by atoms with E-state index in [2.05, 4.69) is 50.4 Å². The topological polar surface area (TPSA) is 44.8 Å². The number of nitrogens with zero attached hydrogens (tertiary/aromatic N) is 3. The van der Waals surface area contributed by atoms with Gasteiger partial charge in [-0.15, -0.1) is 0 Å². The minimum absolute atomic E-state index is 0.632. The fraction of sp³-hybridized carbons (Fsp3) is 0.263. The third kappa shape index (κ3) is 3.17. The highest BCUT2D eigenvalue weighted by molar-refractivity contribution is 5.53. The van der Waals surface area contributed by atoms with Crippen LogP contribution in [0.15, 0.2) is 60.7 Å². The summed E-state index contributed by atoms with van der Waals surface area (Å²) in [7, 11) is 0. The Morgan fingerprint density at radius 3 is 2.52 bits per heavy atom. The van der Waals surface area contributed by atoms with Crippen LogP contribution in [-0.2, 0) is 6.54 Å². The van der Waals surface area contributed by atoms with Gasteiger partial charge in [0.2, 0.25) is 0 Å². The van der Waals surface area contributed by atoms with Crippen LogP contribution in [0.4, 0.5) is 0 Å². The minimum atomic E-state index is 0.632. The largest absolute Gasteiger partial charge is 0.295 e. The Morgan fingerprint density at radius 1 is 1.00 bits per heavy atom. The van der Waals surface area contributed by atoms with Gasteiger partial charge in [0.15, 0.2) is 5.82 Å². The van der Waals surface area contributed by atoms with Crippen LogP contribution in [-0.4, -0.2) is 33.2 Å². The van der Waals surface area contributed by atoms with Crippen LogP contribution in [0.3, 0.4) is 0 Å². The molecule has 1 aliphatic rings. The third-order valence-corrected chi connectivity index (χ3v) is 4.48. The van der Waals surface area contributed by atoms with Crippen LogP contribution >= 0.6 is 0 Å². The monoisotopic (exact) mass is 304 g/mol. The van der Waals surface area contributed by atoms with Gasteiger partial charge in [0.25, 0.3) is 0 Å². The first-order chi connectivity index (χ1) is 11.4. The van der Waals surface area contributed by atoms with Gasteiger partial charge in [-0.25, -0.2) is 4.98 Å². The number of hydrogen-bond donors (Lipinski definition) is 1. The van der Waals surface area contributed by atoms with E-state index in [1.54, 1.807) is 0 Å². The smallest absolute Gasteiger partial charge is 0.181 e. The van der Waals surface area contributed by atoms with Gasteiger partial charge in [0, 0.05) is 12.1 Å². The summed E-state index contributed by atoms with van der Waals surface area (Å²) < 4.78 is 0. The standard InChI is InChI=1S/C19H20N4/c1-3-7-15(8-4-1)17-11-12-23(13-17)14-18-20-19(22-21-18)16-9-5-2-6-10-16/h1-10,17H,11-14H2,(H,20,21,22). The highest BCUT2D eigenvalue weighted by atomic mass is 15.3. The van der Waals surface area contributed by atoms with E-state index in [1.807, 2.05) is 30.3 Å². The number of aromatic nitrogens is 3. The van der Waals surface area contributed by atoms with Crippen LogP contribution < -0.4 is 0 Å². The maximum absolute atomic E-state index is 4.63. The first-order valence-corrected chi connectivity index (χ1v) is 8.12. The Hall–Kier alpha value is -2.46. The summed E-state index contributed by atoms with van der Waals surface area (Å²) in [5.41, 5.74) is 2.50. The summed E-state index contributed by atoms with van der Waals surface area (Å²) in [4.78, 5) is 7.08. The second-order valence-electron chi connectivity index (χ2n) is 6.10. The third-order valence-electron chi connectivity index (χ3n) is 4.48. The molecule has 0 amide bonds. The van der Waals surface area contributed by atoms with Gasteiger partial charge in [-0.1, -0.05) is 60.7 Å². The van der Waals surface area contributed by atoms with Gasteiger partial charge in [0.1, 0.15) is 5.82 Å². The molecule has 0 saturated carbocycles. The molecule has 1 atom stereocenters. The van der Waals surface area contributed by atoms with E-state index in [-0.39, 0.29) is 0 Å². The zero-order valence-electron chi connectivity index (χ0n) is 13.0. The number of aromatic amines is 1. The molecule has 4 rings (SSSR count). The van der Waals surface area contributed by atoms with Crippen molar-refractivity contribution in [2.45, 2.75) is 18.9 Å². The van der Waals surface area contributed by atoms with Gasteiger partial charge in [-0.05, 0) is 24.4 Å². The van der Waals surface area contributed by atoms with Crippen LogP contribution in [0.5, 0.6) is 0 Å². The van der Waals surface area contributed by atoms with Gasteiger partial charge in [-0.3, -0.25) is 10.00 Å². The number of nitrogens with one attached hydrogen (secondary N) is 1. The average molecular weight is 304 g/mol. The molecule has 4 heteroatoms. The van der Waals surface area contributed by atoms with Crippen LogP contribution in [0, 0.1) is 0 Å². The quantitative estimate of drug-likeness (QED) is 0.803. The Balaban J connectivity index is 1.41. The minimum Gasteiger partial charge on any atom is -0.295 e. The van der Waals surface area contributed by atoms with Crippen molar-refractivity contribution in [1.29, 1.82) is 0 Å². The second-order valence-corrected chi connectivity index (χ2v) is 6.10. The van der Waals surface area contributed by atoms with Crippen molar-refractivity contribution < 1.29 is 0 Å². The van der Waals surface area contributed by atoms with E-state index in [9.17, 15) is 0 Å². The van der Waals surface area contributed by atoms with Crippen molar-refractivity contribution in [2.24, 2.45) is 0 Å². The first-order valence-electron chi connectivity index (χ1n) is 8.12. The average Bonchev–Trinajstić information content (AvgIpc) is 3.27. The molecule has 3 aromatic rings. The fourth-order valence-electron chi connectivity index (χ4n) is 3.27. The van der Waals surface area contributed by atoms with Crippen LogP contribution in [0.1, 0.15) is 23.7 Å². The summed E-state index contributed by atoms with van der Waals surface area (Å²) in [6.45, 7) is 3.04. The normalized spacial score (nSPS) is 18.3. The zero-order chi connectivity index (χ0) is 15.5. The number of H-pyrrole nitrogens is 1. The van der Waals surface area contributed by atoms with E-state index in [0.29, 0.717) is 5.92 Å². The van der Waals surface area contributed by atoms with Gasteiger partial charge in [0.05, 0.1) is 6.54 Å². The lowest BCUT2D eigenvalue weighted by Gasteiger charge is -2.14. The van der Waals surface area contributed by atoms with Gasteiger partial charge < -0.3 is 0 Å². The SMILES string of the molecule is c1ccc(-c2n[nH]c(CN3CCC(c4ccccc4)C3)n2)cc1. The molecule has 2 heterocycles. The number of rotatable bonds is 4. The van der Waals surface area contributed by atoms with Crippen molar-refractivity contribution >= 4 is 0 Å². The molecular formula is C19H20N4. The van der Waals surface area contributed by atoms with Crippen molar-refractivity contribution in [1.82, 2.24) is 20.1 Å². The lowest BCUT2D eigenvalue weighted by Crippen LogP contribution is -2.20.